The summed E-state index contributed by atoms with van der Waals surface area (Å²) in [6, 6.07) is 3.55. The SMILES string of the molecule is CCCn1cncc1COc1ccc(CO)nc1. The number of aromatic nitrogens is 3. The highest BCUT2D eigenvalue weighted by atomic mass is 16.5. The molecule has 0 amide bonds. The van der Waals surface area contributed by atoms with Crippen LogP contribution >= 0.6 is 0 Å². The highest BCUT2D eigenvalue weighted by Crippen LogP contribution is 2.12. The fraction of sp³-hybridized carbons (Fsp3) is 0.385. The quantitative estimate of drug-likeness (QED) is 0.845. The first-order valence-corrected chi connectivity index (χ1v) is 6.01. The summed E-state index contributed by atoms with van der Waals surface area (Å²) in [6.07, 6.45) is 6.31. The van der Waals surface area contributed by atoms with E-state index in [1.54, 1.807) is 18.3 Å². The predicted molar refractivity (Wildman–Crippen MR) is 67.0 cm³/mol. The molecular formula is C13H17N3O2. The average molecular weight is 247 g/mol. The Balaban J connectivity index is 1.95. The van der Waals surface area contributed by atoms with Gasteiger partial charge >= 0.3 is 0 Å². The van der Waals surface area contributed by atoms with Gasteiger partial charge in [-0.15, -0.1) is 0 Å². The summed E-state index contributed by atoms with van der Waals surface area (Å²) in [5.41, 5.74) is 1.68. The van der Waals surface area contributed by atoms with Crippen molar-refractivity contribution < 1.29 is 9.84 Å². The van der Waals surface area contributed by atoms with Gasteiger partial charge in [-0.3, -0.25) is 4.98 Å². The molecule has 0 saturated carbocycles. The third kappa shape index (κ3) is 3.07. The molecule has 96 valence electrons. The van der Waals surface area contributed by atoms with Crippen LogP contribution in [0.25, 0.3) is 0 Å². The first-order valence-electron chi connectivity index (χ1n) is 6.01. The Kier molecular flexibility index (Phi) is 4.30. The van der Waals surface area contributed by atoms with Crippen molar-refractivity contribution in [3.63, 3.8) is 0 Å². The van der Waals surface area contributed by atoms with E-state index in [9.17, 15) is 0 Å². The van der Waals surface area contributed by atoms with E-state index in [1.165, 1.54) is 0 Å². The van der Waals surface area contributed by atoms with E-state index in [0.29, 0.717) is 18.1 Å². The maximum atomic E-state index is 8.89. The summed E-state index contributed by atoms with van der Waals surface area (Å²) in [5, 5.41) is 8.89. The lowest BCUT2D eigenvalue weighted by atomic mass is 10.3. The lowest BCUT2D eigenvalue weighted by Crippen LogP contribution is -2.05. The average Bonchev–Trinajstić information content (AvgIpc) is 2.85. The van der Waals surface area contributed by atoms with E-state index in [1.807, 2.05) is 12.5 Å². The fourth-order valence-electron chi connectivity index (χ4n) is 1.66. The zero-order valence-corrected chi connectivity index (χ0v) is 10.4. The Labute approximate surface area is 106 Å². The molecule has 0 unspecified atom stereocenters. The molecule has 0 fully saturated rings. The molecule has 0 spiro atoms. The van der Waals surface area contributed by atoms with Gasteiger partial charge in [-0.1, -0.05) is 6.92 Å². The van der Waals surface area contributed by atoms with Crippen LogP contribution in [-0.4, -0.2) is 19.6 Å². The van der Waals surface area contributed by atoms with Gasteiger partial charge in [0.15, 0.2) is 0 Å². The molecule has 5 heteroatoms. The Morgan fingerprint density at radius 2 is 2.22 bits per heavy atom. The summed E-state index contributed by atoms with van der Waals surface area (Å²) in [6.45, 7) is 3.49. The molecular weight excluding hydrogens is 230 g/mol. The van der Waals surface area contributed by atoms with Crippen molar-refractivity contribution >= 4 is 0 Å². The Morgan fingerprint density at radius 1 is 1.33 bits per heavy atom. The minimum Gasteiger partial charge on any atom is -0.486 e. The molecule has 0 aliphatic rings. The monoisotopic (exact) mass is 247 g/mol. The van der Waals surface area contributed by atoms with Crippen molar-refractivity contribution in [1.29, 1.82) is 0 Å². The Bertz CT molecular complexity index is 479. The standard InChI is InChI=1S/C13H17N3O2/c1-2-5-16-10-14-6-12(16)9-18-13-4-3-11(8-17)15-7-13/h3-4,6-7,10,17H,2,5,8-9H2,1H3. The summed E-state index contributed by atoms with van der Waals surface area (Å²) in [5.74, 6) is 0.691. The number of hydrogen-bond acceptors (Lipinski definition) is 4. The van der Waals surface area contributed by atoms with Crippen LogP contribution in [0.2, 0.25) is 0 Å². The maximum Gasteiger partial charge on any atom is 0.138 e. The van der Waals surface area contributed by atoms with Crippen LogP contribution in [0.15, 0.2) is 30.9 Å². The van der Waals surface area contributed by atoms with Gasteiger partial charge < -0.3 is 14.4 Å². The number of ether oxygens (including phenoxy) is 1. The lowest BCUT2D eigenvalue weighted by Gasteiger charge is -2.08. The van der Waals surface area contributed by atoms with Gasteiger partial charge in [-0.25, -0.2) is 4.98 Å². The first-order chi connectivity index (χ1) is 8.83. The summed E-state index contributed by atoms with van der Waals surface area (Å²) in [4.78, 5) is 8.17. The van der Waals surface area contributed by atoms with Crippen molar-refractivity contribution in [2.45, 2.75) is 33.1 Å². The molecule has 0 radical (unpaired) electrons. The first kappa shape index (κ1) is 12.6. The minimum atomic E-state index is -0.0520. The van der Waals surface area contributed by atoms with Gasteiger partial charge in [0.2, 0.25) is 0 Å². The summed E-state index contributed by atoms with van der Waals surface area (Å²) < 4.78 is 7.71. The molecule has 0 aliphatic carbocycles. The molecule has 0 atom stereocenters. The van der Waals surface area contributed by atoms with Crippen LogP contribution in [0, 0.1) is 0 Å². The van der Waals surface area contributed by atoms with Gasteiger partial charge in [-0.2, -0.15) is 0 Å². The van der Waals surface area contributed by atoms with Crippen LogP contribution in [0.5, 0.6) is 5.75 Å². The lowest BCUT2D eigenvalue weighted by molar-refractivity contribution is 0.274. The van der Waals surface area contributed by atoms with Crippen molar-refractivity contribution in [3.05, 3.63) is 42.2 Å². The third-order valence-electron chi connectivity index (χ3n) is 2.61. The number of rotatable bonds is 6. The number of pyridine rings is 1. The number of aryl methyl sites for hydroxylation is 1. The van der Waals surface area contributed by atoms with Crippen LogP contribution in [0.1, 0.15) is 24.7 Å². The highest BCUT2D eigenvalue weighted by molar-refractivity contribution is 5.19. The van der Waals surface area contributed by atoms with E-state index in [4.69, 9.17) is 9.84 Å². The molecule has 2 rings (SSSR count). The Hall–Kier alpha value is -1.88. The summed E-state index contributed by atoms with van der Waals surface area (Å²) in [7, 11) is 0. The van der Waals surface area contributed by atoms with E-state index in [-0.39, 0.29) is 6.61 Å². The molecule has 0 aliphatic heterocycles. The van der Waals surface area contributed by atoms with Crippen LogP contribution in [0.3, 0.4) is 0 Å². The van der Waals surface area contributed by atoms with Crippen molar-refractivity contribution in [2.24, 2.45) is 0 Å². The zero-order chi connectivity index (χ0) is 12.8. The van der Waals surface area contributed by atoms with E-state index in [0.717, 1.165) is 18.7 Å². The number of aliphatic hydroxyl groups excluding tert-OH is 1. The second kappa shape index (κ2) is 6.16. The van der Waals surface area contributed by atoms with Gasteiger partial charge in [0.05, 0.1) is 36.7 Å². The smallest absolute Gasteiger partial charge is 0.138 e. The van der Waals surface area contributed by atoms with Crippen LogP contribution in [-0.2, 0) is 19.8 Å². The number of imidazole rings is 1. The molecule has 0 bridgehead atoms. The molecule has 5 nitrogen and oxygen atoms in total. The van der Waals surface area contributed by atoms with Gasteiger partial charge in [0, 0.05) is 6.54 Å². The molecule has 2 aromatic rings. The second-order valence-corrected chi connectivity index (χ2v) is 4.01. The topological polar surface area (TPSA) is 60.2 Å². The van der Waals surface area contributed by atoms with Crippen LogP contribution in [0.4, 0.5) is 0 Å². The molecule has 1 N–H and O–H groups in total. The fourth-order valence-corrected chi connectivity index (χ4v) is 1.66. The number of hydrogen-bond donors (Lipinski definition) is 1. The molecule has 2 aromatic heterocycles. The van der Waals surface area contributed by atoms with Crippen LogP contribution < -0.4 is 4.74 Å². The zero-order valence-electron chi connectivity index (χ0n) is 10.4. The van der Waals surface area contributed by atoms with E-state index >= 15 is 0 Å². The maximum absolute atomic E-state index is 8.89. The van der Waals surface area contributed by atoms with Gasteiger partial charge in [-0.05, 0) is 18.6 Å². The molecule has 18 heavy (non-hydrogen) atoms. The van der Waals surface area contributed by atoms with Crippen molar-refractivity contribution in [2.75, 3.05) is 0 Å². The number of nitrogens with zero attached hydrogens (tertiary/aromatic N) is 3. The highest BCUT2D eigenvalue weighted by Gasteiger charge is 2.02. The van der Waals surface area contributed by atoms with Gasteiger partial charge in [0.1, 0.15) is 12.4 Å². The largest absolute Gasteiger partial charge is 0.486 e. The predicted octanol–water partition coefficient (Wildman–Crippen LogP) is 1.76. The van der Waals surface area contributed by atoms with Crippen molar-refractivity contribution in [3.8, 4) is 5.75 Å². The second-order valence-electron chi connectivity index (χ2n) is 4.01. The normalized spacial score (nSPS) is 10.6. The minimum absolute atomic E-state index is 0.0520. The summed E-state index contributed by atoms with van der Waals surface area (Å²) >= 11 is 0. The van der Waals surface area contributed by atoms with E-state index < -0.39 is 0 Å². The molecule has 2 heterocycles. The van der Waals surface area contributed by atoms with E-state index in [2.05, 4.69) is 21.5 Å². The third-order valence-corrected chi connectivity index (χ3v) is 2.61. The number of aliphatic hydroxyl groups is 1. The van der Waals surface area contributed by atoms with Gasteiger partial charge in [0.25, 0.3) is 0 Å². The Morgan fingerprint density at radius 3 is 2.89 bits per heavy atom. The van der Waals surface area contributed by atoms with Crippen molar-refractivity contribution in [1.82, 2.24) is 14.5 Å². The molecule has 0 saturated heterocycles. The molecule has 0 aromatic carbocycles.